The van der Waals surface area contributed by atoms with Crippen LogP contribution in [0.3, 0.4) is 0 Å². The summed E-state index contributed by atoms with van der Waals surface area (Å²) < 4.78 is 56.1. The molecule has 0 radical (unpaired) electrons. The highest BCUT2D eigenvalue weighted by molar-refractivity contribution is 5.95. The molecule has 1 N–H and O–H groups in total. The Morgan fingerprint density at radius 2 is 1.83 bits per heavy atom. The first kappa shape index (κ1) is 21.0. The molecule has 2 heterocycles. The van der Waals surface area contributed by atoms with Gasteiger partial charge in [0.2, 0.25) is 0 Å². The Hall–Kier alpha value is -3.77. The third-order valence-corrected chi connectivity index (χ3v) is 4.33. The number of anilines is 1. The van der Waals surface area contributed by atoms with Crippen LogP contribution in [0, 0.1) is 33.4 Å². The average molecular weight is 426 g/mol. The molecule has 9 nitrogen and oxygen atoms in total. The standard InChI is InChI=1S/C17H14F4N6O3/c1-17(2,26-7-10(5-23-26)27(29)30)16(28)24-9-4-22-25(6-9)8-11-12(18)3-13(19)15(21)14(11)20/h3-7H,8H2,1-2H3,(H,24,28). The molecule has 1 amide bonds. The van der Waals surface area contributed by atoms with Gasteiger partial charge in [0.1, 0.15) is 23.7 Å². The summed E-state index contributed by atoms with van der Waals surface area (Å²) in [5.41, 5.74) is -2.22. The van der Waals surface area contributed by atoms with Crippen molar-refractivity contribution in [1.29, 1.82) is 0 Å². The summed E-state index contributed by atoms with van der Waals surface area (Å²) in [5, 5.41) is 20.9. The number of amides is 1. The number of hydrogen-bond donors (Lipinski definition) is 1. The molecule has 1 aromatic carbocycles. The van der Waals surface area contributed by atoms with Crippen LogP contribution in [-0.2, 0) is 16.9 Å². The Bertz CT molecular complexity index is 1140. The van der Waals surface area contributed by atoms with Gasteiger partial charge in [0, 0.05) is 17.8 Å². The van der Waals surface area contributed by atoms with Crippen LogP contribution < -0.4 is 5.32 Å². The third kappa shape index (κ3) is 3.86. The van der Waals surface area contributed by atoms with E-state index in [9.17, 15) is 32.5 Å². The van der Waals surface area contributed by atoms with Crippen molar-refractivity contribution in [2.75, 3.05) is 5.32 Å². The molecule has 0 unspecified atom stereocenters. The van der Waals surface area contributed by atoms with Gasteiger partial charge >= 0.3 is 5.69 Å². The number of rotatable bonds is 6. The predicted molar refractivity (Wildman–Crippen MR) is 94.4 cm³/mol. The van der Waals surface area contributed by atoms with Crippen molar-refractivity contribution in [2.24, 2.45) is 0 Å². The van der Waals surface area contributed by atoms with E-state index >= 15 is 0 Å². The maximum atomic E-state index is 13.8. The Balaban J connectivity index is 1.76. The second-order valence-electron chi connectivity index (χ2n) is 6.79. The summed E-state index contributed by atoms with van der Waals surface area (Å²) >= 11 is 0. The first-order valence-corrected chi connectivity index (χ1v) is 8.36. The Kier molecular flexibility index (Phi) is 5.29. The predicted octanol–water partition coefficient (Wildman–Crippen LogP) is 2.97. The molecule has 3 rings (SSSR count). The van der Waals surface area contributed by atoms with Crippen molar-refractivity contribution in [3.8, 4) is 0 Å². The summed E-state index contributed by atoms with van der Waals surface area (Å²) in [4.78, 5) is 22.7. The number of nitrogens with zero attached hydrogens (tertiary/aromatic N) is 5. The van der Waals surface area contributed by atoms with Gasteiger partial charge in [-0.1, -0.05) is 0 Å². The van der Waals surface area contributed by atoms with Crippen molar-refractivity contribution in [1.82, 2.24) is 19.6 Å². The highest BCUT2D eigenvalue weighted by Crippen LogP contribution is 2.22. The van der Waals surface area contributed by atoms with E-state index in [-0.39, 0.29) is 17.4 Å². The van der Waals surface area contributed by atoms with Crippen molar-refractivity contribution < 1.29 is 27.3 Å². The second-order valence-corrected chi connectivity index (χ2v) is 6.79. The lowest BCUT2D eigenvalue weighted by Crippen LogP contribution is -2.40. The van der Waals surface area contributed by atoms with Gasteiger partial charge in [0.05, 0.1) is 23.4 Å². The van der Waals surface area contributed by atoms with Gasteiger partial charge in [-0.25, -0.2) is 17.6 Å². The summed E-state index contributed by atoms with van der Waals surface area (Å²) in [6, 6.07) is 0.228. The van der Waals surface area contributed by atoms with Crippen LogP contribution in [0.4, 0.5) is 28.9 Å². The molecular weight excluding hydrogens is 412 g/mol. The summed E-state index contributed by atoms with van der Waals surface area (Å²) in [6.45, 7) is 2.38. The Labute approximate surface area is 166 Å². The number of carbonyl (C=O) groups excluding carboxylic acids is 1. The molecule has 0 aliphatic rings. The Morgan fingerprint density at radius 1 is 1.13 bits per heavy atom. The number of halogens is 4. The normalized spacial score (nSPS) is 11.5. The molecule has 30 heavy (non-hydrogen) atoms. The smallest absolute Gasteiger partial charge is 0.307 e. The molecule has 0 saturated carbocycles. The molecule has 0 atom stereocenters. The van der Waals surface area contributed by atoms with Crippen LogP contribution in [0.15, 0.2) is 30.9 Å². The first-order chi connectivity index (χ1) is 14.0. The fraction of sp³-hybridized carbons (Fsp3) is 0.235. The van der Waals surface area contributed by atoms with E-state index in [0.717, 1.165) is 21.8 Å². The largest absolute Gasteiger partial charge is 0.321 e. The molecular formula is C17H14F4N6O3. The summed E-state index contributed by atoms with van der Waals surface area (Å²) in [6.07, 6.45) is 4.49. The van der Waals surface area contributed by atoms with Gasteiger partial charge in [0.15, 0.2) is 17.5 Å². The Morgan fingerprint density at radius 3 is 2.47 bits per heavy atom. The number of carbonyl (C=O) groups is 1. The van der Waals surface area contributed by atoms with E-state index in [1.54, 1.807) is 0 Å². The molecule has 3 aromatic rings. The molecule has 0 aliphatic carbocycles. The topological polar surface area (TPSA) is 108 Å². The zero-order chi connectivity index (χ0) is 22.2. The molecule has 0 saturated heterocycles. The van der Waals surface area contributed by atoms with E-state index in [4.69, 9.17) is 0 Å². The average Bonchev–Trinajstić information content (AvgIpc) is 3.33. The van der Waals surface area contributed by atoms with Crippen LogP contribution in [0.5, 0.6) is 0 Å². The minimum atomic E-state index is -1.80. The molecule has 0 bridgehead atoms. The fourth-order valence-corrected chi connectivity index (χ4v) is 2.53. The minimum absolute atomic E-state index is 0.137. The van der Waals surface area contributed by atoms with E-state index in [1.165, 1.54) is 26.2 Å². The zero-order valence-corrected chi connectivity index (χ0v) is 15.6. The highest BCUT2D eigenvalue weighted by Gasteiger charge is 2.32. The van der Waals surface area contributed by atoms with Crippen LogP contribution in [0.1, 0.15) is 19.4 Å². The number of benzene rings is 1. The lowest BCUT2D eigenvalue weighted by atomic mass is 10.1. The van der Waals surface area contributed by atoms with E-state index < -0.39 is 51.7 Å². The van der Waals surface area contributed by atoms with Crippen LogP contribution in [-0.4, -0.2) is 30.4 Å². The third-order valence-electron chi connectivity index (χ3n) is 4.33. The maximum absolute atomic E-state index is 13.8. The monoisotopic (exact) mass is 426 g/mol. The van der Waals surface area contributed by atoms with Gasteiger partial charge in [-0.2, -0.15) is 10.2 Å². The summed E-state index contributed by atoms with van der Waals surface area (Å²) in [5.74, 6) is -7.01. The molecule has 13 heteroatoms. The highest BCUT2D eigenvalue weighted by atomic mass is 19.2. The molecule has 0 aliphatic heterocycles. The minimum Gasteiger partial charge on any atom is -0.321 e. The lowest BCUT2D eigenvalue weighted by Gasteiger charge is -2.23. The number of aromatic nitrogens is 4. The van der Waals surface area contributed by atoms with Gasteiger partial charge in [-0.05, 0) is 13.8 Å². The second kappa shape index (κ2) is 7.57. The van der Waals surface area contributed by atoms with Crippen molar-refractivity contribution in [3.63, 3.8) is 0 Å². The maximum Gasteiger partial charge on any atom is 0.307 e. The zero-order valence-electron chi connectivity index (χ0n) is 15.6. The van der Waals surface area contributed by atoms with E-state index in [2.05, 4.69) is 15.5 Å². The molecule has 0 fully saturated rings. The van der Waals surface area contributed by atoms with Crippen molar-refractivity contribution in [2.45, 2.75) is 25.9 Å². The van der Waals surface area contributed by atoms with Gasteiger partial charge < -0.3 is 5.32 Å². The fourth-order valence-electron chi connectivity index (χ4n) is 2.53. The van der Waals surface area contributed by atoms with Crippen molar-refractivity contribution >= 4 is 17.3 Å². The van der Waals surface area contributed by atoms with E-state index in [1.807, 2.05) is 0 Å². The van der Waals surface area contributed by atoms with Crippen LogP contribution in [0.2, 0.25) is 0 Å². The van der Waals surface area contributed by atoms with Crippen LogP contribution in [0.25, 0.3) is 0 Å². The quantitative estimate of drug-likeness (QED) is 0.214. The number of nitrogens with one attached hydrogen (secondary N) is 1. The molecule has 2 aromatic heterocycles. The van der Waals surface area contributed by atoms with Crippen molar-refractivity contribution in [3.05, 3.63) is 69.8 Å². The number of hydrogen-bond acceptors (Lipinski definition) is 5. The number of nitro groups is 1. The SMILES string of the molecule is CC(C)(C(=O)Nc1cnn(Cc2c(F)cc(F)c(F)c2F)c1)n1cc([N+](=O)[O-])cn1. The van der Waals surface area contributed by atoms with Gasteiger partial charge in [-0.15, -0.1) is 0 Å². The molecule has 158 valence electrons. The van der Waals surface area contributed by atoms with Gasteiger partial charge in [0.25, 0.3) is 5.91 Å². The van der Waals surface area contributed by atoms with Gasteiger partial charge in [-0.3, -0.25) is 24.3 Å². The van der Waals surface area contributed by atoms with E-state index in [0.29, 0.717) is 0 Å². The van der Waals surface area contributed by atoms with Crippen LogP contribution >= 0.6 is 0 Å². The molecule has 0 spiro atoms. The summed E-state index contributed by atoms with van der Waals surface area (Å²) in [7, 11) is 0. The lowest BCUT2D eigenvalue weighted by molar-refractivity contribution is -0.385. The first-order valence-electron chi connectivity index (χ1n) is 8.36.